The molecule has 0 unspecified atom stereocenters. The second-order valence-electron chi connectivity index (χ2n) is 3.72. The molecular formula is C13H12FN3O2. The predicted octanol–water partition coefficient (Wildman–Crippen LogP) is 2.18. The summed E-state index contributed by atoms with van der Waals surface area (Å²) in [5, 5.41) is 0. The summed E-state index contributed by atoms with van der Waals surface area (Å²) in [5.41, 5.74) is 9.32. The van der Waals surface area contributed by atoms with E-state index in [4.69, 9.17) is 10.5 Å². The lowest BCUT2D eigenvalue weighted by Gasteiger charge is -2.10. The summed E-state index contributed by atoms with van der Waals surface area (Å²) in [4.78, 5) is 11.6. The predicted molar refractivity (Wildman–Crippen MR) is 69.1 cm³/mol. The van der Waals surface area contributed by atoms with E-state index in [2.05, 4.69) is 0 Å². The molecule has 0 atom stereocenters. The lowest BCUT2D eigenvalue weighted by Crippen LogP contribution is -2.31. The third kappa shape index (κ3) is 3.20. The van der Waals surface area contributed by atoms with Crippen LogP contribution in [0.2, 0.25) is 0 Å². The third-order valence-electron chi connectivity index (χ3n) is 2.38. The van der Waals surface area contributed by atoms with Gasteiger partial charge in [0.1, 0.15) is 11.5 Å². The number of carbonyl (C=O) groups excluding carboxylic acids is 1. The number of nitrogens with two attached hydrogens (primary N) is 1. The Kier molecular flexibility index (Phi) is 3.94. The normalized spacial score (nSPS) is 9.95. The van der Waals surface area contributed by atoms with Crippen LogP contribution in [0, 0.1) is 0 Å². The van der Waals surface area contributed by atoms with Crippen molar-refractivity contribution in [3.8, 4) is 11.5 Å². The van der Waals surface area contributed by atoms with Crippen LogP contribution in [0.5, 0.6) is 11.5 Å². The largest absolute Gasteiger partial charge is 0.456 e. The van der Waals surface area contributed by atoms with E-state index in [1.807, 2.05) is 5.43 Å². The molecule has 2 rings (SSSR count). The highest BCUT2D eigenvalue weighted by Crippen LogP contribution is 2.26. The first-order valence-electron chi connectivity index (χ1n) is 5.49. The molecule has 0 aromatic heterocycles. The zero-order chi connectivity index (χ0) is 13.7. The number of carbonyl (C=O) groups is 1. The molecule has 0 aliphatic heterocycles. The van der Waals surface area contributed by atoms with Crippen LogP contribution in [0.3, 0.4) is 0 Å². The van der Waals surface area contributed by atoms with Crippen molar-refractivity contribution in [2.75, 3.05) is 5.73 Å². The molecule has 0 saturated carbocycles. The number of para-hydroxylation sites is 1. The maximum atomic E-state index is 11.9. The van der Waals surface area contributed by atoms with E-state index in [1.165, 1.54) is 6.07 Å². The van der Waals surface area contributed by atoms with Crippen LogP contribution in [0.15, 0.2) is 48.5 Å². The molecular weight excluding hydrogens is 249 g/mol. The van der Waals surface area contributed by atoms with E-state index >= 15 is 0 Å². The molecule has 2 aromatic rings. The van der Waals surface area contributed by atoms with Crippen LogP contribution < -0.4 is 21.5 Å². The molecule has 19 heavy (non-hydrogen) atoms. The van der Waals surface area contributed by atoms with Gasteiger partial charge in [-0.05, 0) is 24.3 Å². The Labute approximate surface area is 109 Å². The number of hydrogen-bond acceptors (Lipinski definition) is 4. The van der Waals surface area contributed by atoms with Crippen molar-refractivity contribution in [2.24, 2.45) is 0 Å². The minimum absolute atomic E-state index is 0.204. The van der Waals surface area contributed by atoms with Crippen LogP contribution in [0.4, 0.5) is 10.2 Å². The lowest BCUT2D eigenvalue weighted by molar-refractivity contribution is 0.0879. The minimum atomic E-state index is -0.637. The molecule has 0 radical (unpaired) electrons. The fraction of sp³-hybridized carbons (Fsp3) is 0. The third-order valence-corrected chi connectivity index (χ3v) is 2.38. The Balaban J connectivity index is 2.27. The summed E-state index contributed by atoms with van der Waals surface area (Å²) >= 11 is 0. The van der Waals surface area contributed by atoms with E-state index < -0.39 is 5.91 Å². The Morgan fingerprint density at radius 2 is 1.95 bits per heavy atom. The van der Waals surface area contributed by atoms with Crippen molar-refractivity contribution in [1.82, 2.24) is 11.1 Å². The summed E-state index contributed by atoms with van der Waals surface area (Å²) < 4.78 is 17.5. The summed E-state index contributed by atoms with van der Waals surface area (Å²) in [6.07, 6.45) is 0. The molecule has 5 nitrogen and oxygen atoms in total. The molecule has 0 spiro atoms. The first-order valence-corrected chi connectivity index (χ1v) is 5.49. The standard InChI is InChI=1S/C13H12FN3O2/c14-17-16-13(18)11-6-1-2-7-12(11)19-10-5-3-4-9(15)8-10/h1-8,17H,15H2,(H,16,18). The quantitative estimate of drug-likeness (QED) is 0.448. The fourth-order valence-electron chi connectivity index (χ4n) is 1.56. The fourth-order valence-corrected chi connectivity index (χ4v) is 1.56. The van der Waals surface area contributed by atoms with Crippen molar-refractivity contribution < 1.29 is 14.0 Å². The Morgan fingerprint density at radius 3 is 2.68 bits per heavy atom. The van der Waals surface area contributed by atoms with Crippen LogP contribution in [-0.4, -0.2) is 5.91 Å². The van der Waals surface area contributed by atoms with E-state index in [0.29, 0.717) is 17.2 Å². The first kappa shape index (κ1) is 12.8. The zero-order valence-electron chi connectivity index (χ0n) is 9.89. The Bertz CT molecular complexity index is 590. The number of benzene rings is 2. The summed E-state index contributed by atoms with van der Waals surface area (Å²) in [7, 11) is 0. The summed E-state index contributed by atoms with van der Waals surface area (Å²) in [6, 6.07) is 13.3. The van der Waals surface area contributed by atoms with Crippen LogP contribution in [-0.2, 0) is 0 Å². The smallest absolute Gasteiger partial charge is 0.271 e. The molecule has 0 bridgehead atoms. The number of rotatable bonds is 4. The van der Waals surface area contributed by atoms with Crippen molar-refractivity contribution >= 4 is 11.6 Å². The van der Waals surface area contributed by atoms with Gasteiger partial charge in [0.2, 0.25) is 0 Å². The highest BCUT2D eigenvalue weighted by molar-refractivity contribution is 5.96. The van der Waals surface area contributed by atoms with Gasteiger partial charge in [0, 0.05) is 11.8 Å². The maximum Gasteiger partial charge on any atom is 0.271 e. The Morgan fingerprint density at radius 1 is 1.16 bits per heavy atom. The second-order valence-corrected chi connectivity index (χ2v) is 3.72. The molecule has 98 valence electrons. The van der Waals surface area contributed by atoms with Crippen LogP contribution in [0.25, 0.3) is 0 Å². The van der Waals surface area contributed by atoms with Gasteiger partial charge in [0.25, 0.3) is 5.91 Å². The number of hydrazine groups is 1. The average Bonchev–Trinajstić information content (AvgIpc) is 2.39. The van der Waals surface area contributed by atoms with E-state index in [-0.39, 0.29) is 5.56 Å². The molecule has 1 amide bonds. The number of halogens is 1. The number of amides is 1. The molecule has 6 heteroatoms. The number of anilines is 1. The molecule has 0 heterocycles. The lowest BCUT2D eigenvalue weighted by atomic mass is 10.2. The van der Waals surface area contributed by atoms with Gasteiger partial charge in [-0.25, -0.2) is 0 Å². The maximum absolute atomic E-state index is 11.9. The van der Waals surface area contributed by atoms with Gasteiger partial charge in [-0.3, -0.25) is 10.2 Å². The molecule has 0 fully saturated rings. The SMILES string of the molecule is Nc1cccc(Oc2ccccc2C(=O)NNF)c1. The van der Waals surface area contributed by atoms with Crippen molar-refractivity contribution in [1.29, 1.82) is 0 Å². The van der Waals surface area contributed by atoms with Gasteiger partial charge in [0.15, 0.2) is 0 Å². The van der Waals surface area contributed by atoms with Crippen molar-refractivity contribution in [2.45, 2.75) is 0 Å². The number of ether oxygens (including phenoxy) is 1. The first-order chi connectivity index (χ1) is 9.20. The number of hydrogen-bond donors (Lipinski definition) is 3. The summed E-state index contributed by atoms with van der Waals surface area (Å²) in [5.74, 6) is 0.163. The number of nitrogens with one attached hydrogen (secondary N) is 2. The van der Waals surface area contributed by atoms with Gasteiger partial charge >= 0.3 is 0 Å². The van der Waals surface area contributed by atoms with E-state index in [1.54, 1.807) is 42.5 Å². The molecule has 4 N–H and O–H groups in total. The molecule has 0 saturated heterocycles. The second kappa shape index (κ2) is 5.83. The van der Waals surface area contributed by atoms with Gasteiger partial charge in [0.05, 0.1) is 5.56 Å². The number of nitrogen functional groups attached to an aromatic ring is 1. The molecule has 0 aliphatic carbocycles. The topological polar surface area (TPSA) is 76.4 Å². The van der Waals surface area contributed by atoms with Crippen molar-refractivity contribution in [3.63, 3.8) is 0 Å². The zero-order valence-corrected chi connectivity index (χ0v) is 9.89. The monoisotopic (exact) mass is 261 g/mol. The molecule has 2 aromatic carbocycles. The average molecular weight is 261 g/mol. The highest BCUT2D eigenvalue weighted by Gasteiger charge is 2.12. The van der Waals surface area contributed by atoms with Crippen LogP contribution in [0.1, 0.15) is 10.4 Å². The van der Waals surface area contributed by atoms with E-state index in [9.17, 15) is 9.28 Å². The minimum Gasteiger partial charge on any atom is -0.456 e. The van der Waals surface area contributed by atoms with Crippen LogP contribution >= 0.6 is 0 Å². The Hall–Kier alpha value is -2.60. The van der Waals surface area contributed by atoms with Gasteiger partial charge in [-0.1, -0.05) is 23.8 Å². The van der Waals surface area contributed by atoms with Gasteiger partial charge in [-0.15, -0.1) is 4.48 Å². The highest BCUT2D eigenvalue weighted by atomic mass is 19.2. The summed E-state index contributed by atoms with van der Waals surface area (Å²) in [6.45, 7) is 0. The van der Waals surface area contributed by atoms with Gasteiger partial charge < -0.3 is 10.5 Å². The molecule has 0 aliphatic rings. The van der Waals surface area contributed by atoms with Crippen molar-refractivity contribution in [3.05, 3.63) is 54.1 Å². The van der Waals surface area contributed by atoms with E-state index in [0.717, 1.165) is 5.65 Å². The van der Waals surface area contributed by atoms with Gasteiger partial charge in [-0.2, -0.15) is 0 Å².